The van der Waals surface area contributed by atoms with E-state index in [0.29, 0.717) is 29.7 Å². The summed E-state index contributed by atoms with van der Waals surface area (Å²) in [4.78, 5) is 37.6. The first-order valence-electron chi connectivity index (χ1n) is 8.44. The summed E-state index contributed by atoms with van der Waals surface area (Å²) >= 11 is 0. The van der Waals surface area contributed by atoms with Crippen LogP contribution in [0.15, 0.2) is 42.5 Å². The number of benzene rings is 2. The third kappa shape index (κ3) is 3.64. The first kappa shape index (κ1) is 17.8. The summed E-state index contributed by atoms with van der Waals surface area (Å²) in [7, 11) is 0. The lowest BCUT2D eigenvalue weighted by molar-refractivity contribution is -0.121. The lowest BCUT2D eigenvalue weighted by atomic mass is 10.1. The van der Waals surface area contributed by atoms with Gasteiger partial charge in [-0.15, -0.1) is 0 Å². The van der Waals surface area contributed by atoms with E-state index in [1.807, 2.05) is 0 Å². The van der Waals surface area contributed by atoms with Crippen molar-refractivity contribution in [2.75, 3.05) is 6.54 Å². The van der Waals surface area contributed by atoms with Gasteiger partial charge in [-0.25, -0.2) is 4.39 Å². The van der Waals surface area contributed by atoms with Crippen LogP contribution in [0, 0.1) is 12.7 Å². The van der Waals surface area contributed by atoms with E-state index in [4.69, 9.17) is 0 Å². The molecule has 0 unspecified atom stereocenters. The maximum Gasteiger partial charge on any atom is 0.261 e. The highest BCUT2D eigenvalue weighted by atomic mass is 19.1. The van der Waals surface area contributed by atoms with Gasteiger partial charge in [0.25, 0.3) is 11.8 Å². The summed E-state index contributed by atoms with van der Waals surface area (Å²) < 4.78 is 13.2. The lowest BCUT2D eigenvalue weighted by Gasteiger charge is -2.13. The topological polar surface area (TPSA) is 66.5 Å². The van der Waals surface area contributed by atoms with Crippen LogP contribution in [0.2, 0.25) is 0 Å². The normalized spacial score (nSPS) is 13.1. The Morgan fingerprint density at radius 3 is 2.35 bits per heavy atom. The van der Waals surface area contributed by atoms with Gasteiger partial charge in [0.1, 0.15) is 5.82 Å². The summed E-state index contributed by atoms with van der Waals surface area (Å²) in [5.74, 6) is -1.08. The van der Waals surface area contributed by atoms with Gasteiger partial charge in [-0.05, 0) is 42.7 Å². The molecule has 0 bridgehead atoms. The summed E-state index contributed by atoms with van der Waals surface area (Å²) in [5.41, 5.74) is 2.17. The van der Waals surface area contributed by atoms with Crippen molar-refractivity contribution < 1.29 is 18.8 Å². The number of carbonyl (C=O) groups is 3. The zero-order valence-electron chi connectivity index (χ0n) is 14.4. The molecule has 6 heteroatoms. The lowest BCUT2D eigenvalue weighted by Crippen LogP contribution is -2.32. The van der Waals surface area contributed by atoms with E-state index in [1.54, 1.807) is 43.3 Å². The van der Waals surface area contributed by atoms with Crippen LogP contribution in [0.25, 0.3) is 0 Å². The summed E-state index contributed by atoms with van der Waals surface area (Å²) in [6, 6.07) is 11.4. The quantitative estimate of drug-likeness (QED) is 0.811. The van der Waals surface area contributed by atoms with Gasteiger partial charge < -0.3 is 5.32 Å². The molecule has 0 spiro atoms. The number of hydrogen-bond acceptors (Lipinski definition) is 3. The fourth-order valence-electron chi connectivity index (χ4n) is 2.95. The molecule has 5 nitrogen and oxygen atoms in total. The van der Waals surface area contributed by atoms with Gasteiger partial charge in [0.2, 0.25) is 5.91 Å². The highest BCUT2D eigenvalue weighted by molar-refractivity contribution is 6.21. The Balaban J connectivity index is 1.46. The van der Waals surface area contributed by atoms with Crippen molar-refractivity contribution >= 4 is 17.7 Å². The van der Waals surface area contributed by atoms with Crippen LogP contribution in [0.5, 0.6) is 0 Å². The number of nitrogens with one attached hydrogen (secondary N) is 1. The second kappa shape index (κ2) is 7.47. The van der Waals surface area contributed by atoms with Crippen LogP contribution in [0.1, 0.15) is 44.7 Å². The second-order valence-corrected chi connectivity index (χ2v) is 6.27. The zero-order chi connectivity index (χ0) is 18.7. The van der Waals surface area contributed by atoms with E-state index in [1.165, 1.54) is 11.0 Å². The average molecular weight is 354 g/mol. The van der Waals surface area contributed by atoms with E-state index < -0.39 is 0 Å². The third-order valence-corrected chi connectivity index (χ3v) is 4.38. The van der Waals surface area contributed by atoms with E-state index >= 15 is 0 Å². The van der Waals surface area contributed by atoms with E-state index in [-0.39, 0.29) is 36.5 Å². The minimum Gasteiger partial charge on any atom is -0.352 e. The first-order chi connectivity index (χ1) is 12.5. The average Bonchev–Trinajstić information content (AvgIpc) is 2.88. The number of imide groups is 1. The number of aryl methyl sites for hydroxylation is 1. The van der Waals surface area contributed by atoms with Gasteiger partial charge in [0.05, 0.1) is 11.1 Å². The fraction of sp³-hybridized carbons (Fsp3) is 0.250. The van der Waals surface area contributed by atoms with Crippen molar-refractivity contribution in [3.8, 4) is 0 Å². The molecule has 2 aromatic rings. The van der Waals surface area contributed by atoms with Crippen LogP contribution in [0.3, 0.4) is 0 Å². The Hall–Kier alpha value is -3.02. The van der Waals surface area contributed by atoms with Crippen LogP contribution < -0.4 is 5.32 Å². The molecule has 26 heavy (non-hydrogen) atoms. The standard InChI is InChI=1S/C20H19FN2O3/c1-13-11-14(8-9-17(13)21)12-22-18(24)7-4-10-23-19(25)15-5-2-3-6-16(15)20(23)26/h2-3,5-6,8-9,11H,4,7,10,12H2,1H3,(H,22,24). The molecule has 0 radical (unpaired) electrons. The van der Waals surface area contributed by atoms with Gasteiger partial charge in [0.15, 0.2) is 0 Å². The minimum atomic E-state index is -0.312. The molecule has 1 N–H and O–H groups in total. The summed E-state index contributed by atoms with van der Waals surface area (Å²) in [5, 5.41) is 2.76. The fourth-order valence-corrected chi connectivity index (χ4v) is 2.95. The number of rotatable bonds is 6. The van der Waals surface area contributed by atoms with Crippen molar-refractivity contribution in [1.82, 2.24) is 10.2 Å². The molecule has 1 aliphatic heterocycles. The van der Waals surface area contributed by atoms with Crippen LogP contribution >= 0.6 is 0 Å². The summed E-state index contributed by atoms with van der Waals surface area (Å²) in [6.45, 7) is 2.19. The monoisotopic (exact) mass is 354 g/mol. The Labute approximate surface area is 150 Å². The Morgan fingerprint density at radius 1 is 1.08 bits per heavy atom. The van der Waals surface area contributed by atoms with Crippen molar-refractivity contribution in [3.63, 3.8) is 0 Å². The Kier molecular flexibility index (Phi) is 5.11. The molecule has 1 aliphatic rings. The molecule has 3 rings (SSSR count). The molecular formula is C20H19FN2O3. The molecule has 0 saturated carbocycles. The maximum absolute atomic E-state index is 13.2. The van der Waals surface area contributed by atoms with Gasteiger partial charge in [-0.2, -0.15) is 0 Å². The van der Waals surface area contributed by atoms with E-state index in [2.05, 4.69) is 5.32 Å². The molecule has 0 fully saturated rings. The van der Waals surface area contributed by atoms with Gasteiger partial charge in [-0.1, -0.05) is 24.3 Å². The highest BCUT2D eigenvalue weighted by Crippen LogP contribution is 2.22. The largest absolute Gasteiger partial charge is 0.352 e. The zero-order valence-corrected chi connectivity index (χ0v) is 14.4. The molecule has 3 amide bonds. The number of carbonyl (C=O) groups excluding carboxylic acids is 3. The SMILES string of the molecule is Cc1cc(CNC(=O)CCCN2C(=O)c3ccccc3C2=O)ccc1F. The molecule has 2 aromatic carbocycles. The predicted molar refractivity (Wildman–Crippen MR) is 94.0 cm³/mol. The van der Waals surface area contributed by atoms with Crippen molar-refractivity contribution in [1.29, 1.82) is 0 Å². The van der Waals surface area contributed by atoms with Gasteiger partial charge in [0, 0.05) is 19.5 Å². The molecule has 0 saturated heterocycles. The molecular weight excluding hydrogens is 335 g/mol. The number of nitrogens with zero attached hydrogens (tertiary/aromatic N) is 1. The Morgan fingerprint density at radius 2 is 1.73 bits per heavy atom. The molecule has 1 heterocycles. The minimum absolute atomic E-state index is 0.177. The molecule has 134 valence electrons. The second-order valence-electron chi connectivity index (χ2n) is 6.27. The number of hydrogen-bond donors (Lipinski definition) is 1. The van der Waals surface area contributed by atoms with Crippen molar-refractivity contribution in [3.05, 3.63) is 70.5 Å². The molecule has 0 atom stereocenters. The van der Waals surface area contributed by atoms with E-state index in [0.717, 1.165) is 5.56 Å². The number of fused-ring (bicyclic) bond motifs is 1. The van der Waals surface area contributed by atoms with Gasteiger partial charge >= 0.3 is 0 Å². The molecule has 0 aliphatic carbocycles. The van der Waals surface area contributed by atoms with Gasteiger partial charge in [-0.3, -0.25) is 19.3 Å². The third-order valence-electron chi connectivity index (χ3n) is 4.38. The van der Waals surface area contributed by atoms with Crippen molar-refractivity contribution in [2.24, 2.45) is 0 Å². The van der Waals surface area contributed by atoms with Crippen LogP contribution in [-0.4, -0.2) is 29.2 Å². The first-order valence-corrected chi connectivity index (χ1v) is 8.44. The number of halogens is 1. The summed E-state index contributed by atoms with van der Waals surface area (Å²) in [6.07, 6.45) is 0.591. The van der Waals surface area contributed by atoms with E-state index in [9.17, 15) is 18.8 Å². The van der Waals surface area contributed by atoms with Crippen LogP contribution in [0.4, 0.5) is 4.39 Å². The van der Waals surface area contributed by atoms with Crippen molar-refractivity contribution in [2.45, 2.75) is 26.3 Å². The predicted octanol–water partition coefficient (Wildman–Crippen LogP) is 2.83. The number of amides is 3. The smallest absolute Gasteiger partial charge is 0.261 e. The Bertz CT molecular complexity index is 844. The maximum atomic E-state index is 13.2. The highest BCUT2D eigenvalue weighted by Gasteiger charge is 2.34. The van der Waals surface area contributed by atoms with Crippen LogP contribution in [-0.2, 0) is 11.3 Å². The molecule has 0 aromatic heterocycles.